The molecular weight excluding hydrogens is 731 g/mol. The van der Waals surface area contributed by atoms with E-state index in [0.717, 1.165) is 23.9 Å². The van der Waals surface area contributed by atoms with Crippen molar-refractivity contribution >= 4 is 53.2 Å². The molecule has 0 unspecified atom stereocenters. The Morgan fingerprint density at radius 3 is 1.47 bits per heavy atom. The van der Waals surface area contributed by atoms with Crippen molar-refractivity contribution in [3.63, 3.8) is 0 Å². The van der Waals surface area contributed by atoms with Crippen LogP contribution in [-0.4, -0.2) is 139 Å². The second kappa shape index (κ2) is 31.5. The van der Waals surface area contributed by atoms with Gasteiger partial charge in [0.05, 0.1) is 19.6 Å². The van der Waals surface area contributed by atoms with Crippen molar-refractivity contribution in [2.45, 2.75) is 58.8 Å². The van der Waals surface area contributed by atoms with E-state index in [9.17, 15) is 28.8 Å². The lowest BCUT2D eigenvalue weighted by molar-refractivity contribution is -0.139. The highest BCUT2D eigenvalue weighted by atomic mass is 28.4. The van der Waals surface area contributed by atoms with E-state index in [-0.39, 0.29) is 50.6 Å². The molecule has 0 aliphatic carbocycles. The van der Waals surface area contributed by atoms with Crippen molar-refractivity contribution in [2.75, 3.05) is 81.0 Å². The summed E-state index contributed by atoms with van der Waals surface area (Å²) < 4.78 is 35.7. The highest BCUT2D eigenvalue weighted by Gasteiger charge is 2.29. The molecule has 53 heavy (non-hydrogen) atoms. The van der Waals surface area contributed by atoms with E-state index < -0.39 is 47.1 Å². The third-order valence-corrected chi connectivity index (χ3v) is 12.8. The third kappa shape index (κ3) is 28.2. The summed E-state index contributed by atoms with van der Waals surface area (Å²) in [6.07, 6.45) is 2.91. The molecule has 0 aromatic rings. The van der Waals surface area contributed by atoms with Gasteiger partial charge in [-0.15, -0.1) is 0 Å². The van der Waals surface area contributed by atoms with E-state index >= 15 is 0 Å². The predicted octanol–water partition coefficient (Wildman–Crippen LogP) is 2.84. The summed E-state index contributed by atoms with van der Waals surface area (Å²) >= 11 is 0. The summed E-state index contributed by atoms with van der Waals surface area (Å²) in [7, 11) is 2.51. The van der Waals surface area contributed by atoms with Gasteiger partial charge in [0.1, 0.15) is 19.8 Å². The molecule has 0 saturated heterocycles. The van der Waals surface area contributed by atoms with Gasteiger partial charge in [-0.05, 0) is 65.3 Å². The van der Waals surface area contributed by atoms with E-state index in [0.29, 0.717) is 24.6 Å². The van der Waals surface area contributed by atoms with Crippen LogP contribution >= 0.6 is 0 Å². The number of nitrogens with two attached hydrogens (primary N) is 1. The van der Waals surface area contributed by atoms with E-state index in [1.807, 2.05) is 13.1 Å². The van der Waals surface area contributed by atoms with E-state index in [1.165, 1.54) is 19.9 Å². The number of nitrogens with zero attached hydrogens (tertiary/aromatic N) is 2. The lowest BCUT2D eigenvalue weighted by Crippen LogP contribution is -2.50. The zero-order chi connectivity index (χ0) is 41.5. The largest absolute Gasteiger partial charge is 0.460 e. The molecule has 0 aliphatic heterocycles. The summed E-state index contributed by atoms with van der Waals surface area (Å²) in [5.74, 6) is -1.67. The van der Waals surface area contributed by atoms with Gasteiger partial charge in [-0.25, -0.2) is 38.7 Å². The first-order chi connectivity index (χ1) is 24.8. The van der Waals surface area contributed by atoms with Crippen LogP contribution < -0.4 is 16.4 Å². The van der Waals surface area contributed by atoms with Crippen molar-refractivity contribution < 1.29 is 60.7 Å². The Morgan fingerprint density at radius 2 is 1.08 bits per heavy atom. The van der Waals surface area contributed by atoms with Crippen LogP contribution in [-0.2, 0) is 51.1 Å². The van der Waals surface area contributed by atoms with Gasteiger partial charge in [0.25, 0.3) is 0 Å². The SMILES string of the molecule is C=C(C)C(=O)OCCN=C=O.C=C(C)C(=O)OCCNC(=O)N(CCOC(=O)C(=C)C)C(=O)NCCC[Si](C)(OC)OC.CO[Si](C)(CCCN)OC. The maximum atomic E-state index is 12.5. The Bertz CT molecular complexity index is 1220. The van der Waals surface area contributed by atoms with Gasteiger partial charge in [-0.3, -0.25) is 0 Å². The number of ether oxygens (including phenoxy) is 3. The average molecular weight is 792 g/mol. The van der Waals surface area contributed by atoms with Gasteiger partial charge in [0, 0.05) is 51.7 Å². The number of carbonyl (C=O) groups excluding carboxylic acids is 6. The van der Waals surface area contributed by atoms with Gasteiger partial charge in [-0.1, -0.05) is 19.7 Å². The second-order valence-electron chi connectivity index (χ2n) is 11.4. The maximum absolute atomic E-state index is 12.5. The number of isocyanates is 1. The number of hydrogen-bond acceptors (Lipinski definition) is 15. The molecule has 0 aliphatic rings. The molecule has 0 spiro atoms. The summed E-state index contributed by atoms with van der Waals surface area (Å²) in [4.78, 5) is 72.1. The molecule has 0 saturated carbocycles. The summed E-state index contributed by atoms with van der Waals surface area (Å²) in [5.41, 5.74) is 6.13. The number of nitrogens with one attached hydrogen (secondary N) is 2. The first-order valence-electron chi connectivity index (χ1n) is 16.6. The molecule has 4 amide bonds. The minimum atomic E-state index is -2.26. The van der Waals surface area contributed by atoms with Crippen LogP contribution in [0.25, 0.3) is 0 Å². The summed E-state index contributed by atoms with van der Waals surface area (Å²) in [5, 5.41) is 5.13. The first kappa shape index (κ1) is 53.3. The average Bonchev–Trinajstić information content (AvgIpc) is 3.14. The number of carbonyl (C=O) groups is 5. The quantitative estimate of drug-likeness (QED) is 0.0257. The molecule has 4 N–H and O–H groups in total. The molecule has 20 heteroatoms. The van der Waals surface area contributed by atoms with Crippen molar-refractivity contribution in [3.05, 3.63) is 36.5 Å². The highest BCUT2D eigenvalue weighted by molar-refractivity contribution is 6.66. The van der Waals surface area contributed by atoms with E-state index in [1.54, 1.807) is 35.4 Å². The number of imide groups is 1. The molecule has 0 bridgehead atoms. The fraction of sp³-hybridized carbons (Fsp3) is 0.636. The van der Waals surface area contributed by atoms with Crippen LogP contribution in [0, 0.1) is 0 Å². The standard InChI is InChI=1S/C20H35N3O8Si.C7H9NO3.C6H17NO2Si/c1-15(2)17(24)30-12-10-22-20(27)23(11-13-31-18(25)16(3)4)19(26)21-9-8-14-32(7,28-5)29-6;1-6(2)7(10)11-4-3-8-5-9;1-8-10(3,9-2)6-4-5-7/h1,3,8-14H2,2,4-7H3,(H,21,26)(H,22,27);1,3-4H2,2H3;4-7H2,1-3H3. The van der Waals surface area contributed by atoms with Gasteiger partial charge in [0.2, 0.25) is 6.08 Å². The Labute approximate surface area is 315 Å². The fourth-order valence-corrected chi connectivity index (χ4v) is 6.03. The molecule has 0 atom stereocenters. The Morgan fingerprint density at radius 1 is 0.679 bits per heavy atom. The predicted molar refractivity (Wildman–Crippen MR) is 203 cm³/mol. The number of rotatable bonds is 23. The minimum Gasteiger partial charge on any atom is -0.460 e. The van der Waals surface area contributed by atoms with Crippen LogP contribution in [0.15, 0.2) is 41.4 Å². The number of hydrogen-bond donors (Lipinski definition) is 3. The van der Waals surface area contributed by atoms with Crippen LogP contribution in [0.4, 0.5) is 9.59 Å². The third-order valence-electron chi connectivity index (χ3n) is 6.84. The van der Waals surface area contributed by atoms with Crippen LogP contribution in [0.2, 0.25) is 25.2 Å². The normalized spacial score (nSPS) is 10.4. The molecule has 0 radical (unpaired) electrons. The topological polar surface area (TPSA) is 233 Å². The summed E-state index contributed by atoms with van der Waals surface area (Å²) in [6, 6.07) is 0.243. The summed E-state index contributed by atoms with van der Waals surface area (Å²) in [6.45, 7) is 19.6. The number of amides is 4. The molecule has 0 rings (SSSR count). The van der Waals surface area contributed by atoms with E-state index in [4.69, 9.17) is 32.9 Å². The molecular formula is C33H61N5O13Si2. The second-order valence-corrected chi connectivity index (χ2v) is 18.6. The molecule has 0 aromatic heterocycles. The Kier molecular flexibility index (Phi) is 31.7. The Balaban J connectivity index is -0.000000962. The monoisotopic (exact) mass is 791 g/mol. The fourth-order valence-electron chi connectivity index (χ4n) is 3.22. The smallest absolute Gasteiger partial charge is 0.334 e. The van der Waals surface area contributed by atoms with Crippen LogP contribution in [0.5, 0.6) is 0 Å². The van der Waals surface area contributed by atoms with Gasteiger partial charge < -0.3 is 48.3 Å². The molecule has 0 fully saturated rings. The van der Waals surface area contributed by atoms with Gasteiger partial charge in [0.15, 0.2) is 0 Å². The highest BCUT2D eigenvalue weighted by Crippen LogP contribution is 2.13. The Hall–Kier alpha value is -4.02. The van der Waals surface area contributed by atoms with Crippen molar-refractivity contribution in [2.24, 2.45) is 10.7 Å². The zero-order valence-corrected chi connectivity index (χ0v) is 34.9. The van der Waals surface area contributed by atoms with Crippen LogP contribution in [0.1, 0.15) is 33.6 Å². The zero-order valence-electron chi connectivity index (χ0n) is 32.9. The van der Waals surface area contributed by atoms with Gasteiger partial charge >= 0.3 is 47.1 Å². The molecule has 18 nitrogen and oxygen atoms in total. The maximum Gasteiger partial charge on any atom is 0.334 e. The number of aliphatic imine (C=N–C) groups is 1. The lowest BCUT2D eigenvalue weighted by atomic mass is 10.4. The minimum absolute atomic E-state index is 0.0151. The van der Waals surface area contributed by atoms with Gasteiger partial charge in [-0.2, -0.15) is 0 Å². The molecule has 0 heterocycles. The number of esters is 3. The number of urea groups is 2. The van der Waals surface area contributed by atoms with Crippen molar-refractivity contribution in [3.8, 4) is 0 Å². The first-order valence-corrected chi connectivity index (χ1v) is 21.6. The van der Waals surface area contributed by atoms with Crippen molar-refractivity contribution in [1.82, 2.24) is 15.5 Å². The van der Waals surface area contributed by atoms with Crippen LogP contribution in [0.3, 0.4) is 0 Å². The molecule has 0 aromatic carbocycles. The van der Waals surface area contributed by atoms with Crippen molar-refractivity contribution in [1.29, 1.82) is 0 Å². The van der Waals surface area contributed by atoms with E-state index in [2.05, 4.69) is 40.1 Å². The lowest BCUT2D eigenvalue weighted by Gasteiger charge is -2.24. The molecule has 304 valence electrons.